The Balaban J connectivity index is 2.40. The van der Waals surface area contributed by atoms with Gasteiger partial charge < -0.3 is 19.9 Å². The molecule has 2 aromatic rings. The largest absolute Gasteiger partial charge is 0.459 e. The highest BCUT2D eigenvalue weighted by Gasteiger charge is 2.34. The molecule has 3 atom stereocenters. The van der Waals surface area contributed by atoms with Gasteiger partial charge in [-0.05, 0) is 50.8 Å². The number of fused-ring (bicyclic) bond motifs is 1. The summed E-state index contributed by atoms with van der Waals surface area (Å²) in [6, 6.07) is 7.77. The van der Waals surface area contributed by atoms with Gasteiger partial charge in [-0.25, -0.2) is 0 Å². The molecule has 5 heteroatoms. The number of hydrogen-bond donors (Lipinski definition) is 3. The van der Waals surface area contributed by atoms with Crippen LogP contribution >= 0.6 is 0 Å². The Morgan fingerprint density at radius 3 is 2.60 bits per heavy atom. The number of benzene rings is 1. The molecule has 0 aliphatic rings. The predicted octanol–water partition coefficient (Wildman–Crippen LogP) is 3.20. The summed E-state index contributed by atoms with van der Waals surface area (Å²) in [4.78, 5) is 15.9. The van der Waals surface area contributed by atoms with Gasteiger partial charge in [0.05, 0.1) is 12.2 Å². The third kappa shape index (κ3) is 4.94. The number of aromatic amines is 1. The Bertz CT molecular complexity index is 757. The number of rotatable bonds is 6. The molecule has 136 valence electrons. The number of aliphatic hydroxyl groups is 2. The number of ether oxygens (including phenoxy) is 1. The second-order valence-corrected chi connectivity index (χ2v) is 7.43. The minimum atomic E-state index is -1.10. The summed E-state index contributed by atoms with van der Waals surface area (Å²) in [6.07, 6.45) is -0.658. The van der Waals surface area contributed by atoms with Gasteiger partial charge in [0.1, 0.15) is 11.5 Å². The number of carbonyl (C=O) groups excluding carboxylic acids is 1. The first-order valence-corrected chi connectivity index (χ1v) is 8.41. The lowest BCUT2D eigenvalue weighted by Crippen LogP contribution is -2.35. The molecule has 1 heterocycles. The molecule has 0 saturated heterocycles. The first-order chi connectivity index (χ1) is 11.6. The maximum atomic E-state index is 12.7. The van der Waals surface area contributed by atoms with Crippen molar-refractivity contribution in [2.24, 2.45) is 0 Å². The quantitative estimate of drug-likeness (QED) is 0.555. The van der Waals surface area contributed by atoms with Crippen LogP contribution in [0.5, 0.6) is 0 Å². The second kappa shape index (κ2) is 7.42. The highest BCUT2D eigenvalue weighted by atomic mass is 16.6. The van der Waals surface area contributed by atoms with E-state index in [1.54, 1.807) is 20.8 Å². The molecular weight excluding hydrogens is 318 g/mol. The number of aliphatic hydroxyl groups excluding tert-OH is 2. The van der Waals surface area contributed by atoms with Crippen molar-refractivity contribution in [2.75, 3.05) is 0 Å². The maximum absolute atomic E-state index is 12.7. The van der Waals surface area contributed by atoms with Gasteiger partial charge >= 0.3 is 5.97 Å². The molecular formula is C20H27NO4. The van der Waals surface area contributed by atoms with E-state index in [1.165, 1.54) is 6.08 Å². The highest BCUT2D eigenvalue weighted by molar-refractivity contribution is 5.85. The lowest BCUT2D eigenvalue weighted by Gasteiger charge is -2.26. The fourth-order valence-corrected chi connectivity index (χ4v) is 2.77. The summed E-state index contributed by atoms with van der Waals surface area (Å²) in [5.41, 5.74) is 1.88. The molecule has 2 rings (SSSR count). The molecule has 1 aromatic heterocycles. The summed E-state index contributed by atoms with van der Waals surface area (Å²) >= 11 is 0. The van der Waals surface area contributed by atoms with Crippen LogP contribution in [0.2, 0.25) is 0 Å². The first kappa shape index (κ1) is 19.2. The predicted molar refractivity (Wildman–Crippen MR) is 98.4 cm³/mol. The topological polar surface area (TPSA) is 82.6 Å². The van der Waals surface area contributed by atoms with E-state index in [0.29, 0.717) is 5.69 Å². The van der Waals surface area contributed by atoms with E-state index in [1.807, 2.05) is 31.2 Å². The van der Waals surface area contributed by atoms with Crippen LogP contribution in [0.4, 0.5) is 0 Å². The number of carbonyl (C=O) groups is 1. The Morgan fingerprint density at radius 2 is 2.00 bits per heavy atom. The molecule has 25 heavy (non-hydrogen) atoms. The molecule has 0 radical (unpaired) electrons. The molecule has 0 bridgehead atoms. The fourth-order valence-electron chi connectivity index (χ4n) is 2.77. The van der Waals surface area contributed by atoms with E-state index in [2.05, 4.69) is 11.6 Å². The number of H-pyrrole nitrogens is 1. The van der Waals surface area contributed by atoms with E-state index in [9.17, 15) is 15.0 Å². The second-order valence-electron chi connectivity index (χ2n) is 7.43. The normalized spacial score (nSPS) is 15.6. The average Bonchev–Trinajstić information content (AvgIpc) is 2.87. The van der Waals surface area contributed by atoms with Crippen LogP contribution in [-0.2, 0) is 9.53 Å². The van der Waals surface area contributed by atoms with E-state index in [4.69, 9.17) is 4.74 Å². The van der Waals surface area contributed by atoms with Crippen molar-refractivity contribution in [1.82, 2.24) is 4.98 Å². The summed E-state index contributed by atoms with van der Waals surface area (Å²) in [5.74, 6) is -1.44. The van der Waals surface area contributed by atoms with Crippen LogP contribution in [0.25, 0.3) is 10.9 Å². The molecule has 3 N–H and O–H groups in total. The van der Waals surface area contributed by atoms with Crippen LogP contribution in [0.3, 0.4) is 0 Å². The molecule has 0 spiro atoms. The van der Waals surface area contributed by atoms with E-state index < -0.39 is 29.7 Å². The monoisotopic (exact) mass is 345 g/mol. The molecule has 5 nitrogen and oxygen atoms in total. The van der Waals surface area contributed by atoms with Crippen LogP contribution in [0.15, 0.2) is 36.9 Å². The van der Waals surface area contributed by atoms with Gasteiger partial charge in [0.2, 0.25) is 0 Å². The van der Waals surface area contributed by atoms with Crippen molar-refractivity contribution in [2.45, 2.75) is 57.8 Å². The van der Waals surface area contributed by atoms with Crippen molar-refractivity contribution < 1.29 is 19.7 Å². The Morgan fingerprint density at radius 1 is 1.32 bits per heavy atom. The minimum absolute atomic E-state index is 0.00179. The Kier molecular flexibility index (Phi) is 5.70. The SMILES string of the molecule is C=CC(O)CC(O)C(C(=O)OC(C)(C)C)c1cc2ccc(C)cc2[nH]1. The van der Waals surface area contributed by atoms with Crippen molar-refractivity contribution >= 4 is 16.9 Å². The number of nitrogens with one attached hydrogen (secondary N) is 1. The van der Waals surface area contributed by atoms with E-state index in [0.717, 1.165) is 16.5 Å². The van der Waals surface area contributed by atoms with E-state index in [-0.39, 0.29) is 6.42 Å². The van der Waals surface area contributed by atoms with Crippen molar-refractivity contribution in [3.05, 3.63) is 48.2 Å². The van der Waals surface area contributed by atoms with Gasteiger partial charge in [0.15, 0.2) is 0 Å². The highest BCUT2D eigenvalue weighted by Crippen LogP contribution is 2.29. The third-order valence-corrected chi connectivity index (χ3v) is 3.93. The zero-order chi connectivity index (χ0) is 18.8. The lowest BCUT2D eigenvalue weighted by atomic mass is 9.93. The molecule has 3 unspecified atom stereocenters. The number of hydrogen-bond acceptors (Lipinski definition) is 4. The van der Waals surface area contributed by atoms with Crippen LogP contribution in [-0.4, -0.2) is 39.0 Å². The number of esters is 1. The number of aryl methyl sites for hydroxylation is 1. The molecule has 0 aliphatic heterocycles. The molecule has 1 aromatic carbocycles. The zero-order valence-corrected chi connectivity index (χ0v) is 15.2. The van der Waals surface area contributed by atoms with Crippen molar-refractivity contribution in [3.63, 3.8) is 0 Å². The summed E-state index contributed by atoms with van der Waals surface area (Å²) in [5, 5.41) is 21.3. The van der Waals surface area contributed by atoms with Crippen LogP contribution < -0.4 is 0 Å². The van der Waals surface area contributed by atoms with E-state index >= 15 is 0 Å². The van der Waals surface area contributed by atoms with Crippen molar-refractivity contribution in [3.8, 4) is 0 Å². The Labute approximate surface area is 148 Å². The van der Waals surface area contributed by atoms with Crippen molar-refractivity contribution in [1.29, 1.82) is 0 Å². The number of aromatic nitrogens is 1. The Hall–Kier alpha value is -2.11. The lowest BCUT2D eigenvalue weighted by molar-refractivity contribution is -0.160. The van der Waals surface area contributed by atoms with Gasteiger partial charge in [-0.15, -0.1) is 6.58 Å². The summed E-state index contributed by atoms with van der Waals surface area (Å²) in [6.45, 7) is 10.8. The molecule has 0 amide bonds. The van der Waals surface area contributed by atoms with Gasteiger partial charge in [0, 0.05) is 17.6 Å². The smallest absolute Gasteiger partial charge is 0.318 e. The van der Waals surface area contributed by atoms with Gasteiger partial charge in [-0.3, -0.25) is 4.79 Å². The average molecular weight is 345 g/mol. The van der Waals surface area contributed by atoms with Crippen LogP contribution in [0.1, 0.15) is 44.4 Å². The van der Waals surface area contributed by atoms with Gasteiger partial charge in [0.25, 0.3) is 0 Å². The van der Waals surface area contributed by atoms with Crippen LogP contribution in [0, 0.1) is 6.92 Å². The fraction of sp³-hybridized carbons (Fsp3) is 0.450. The molecule has 0 saturated carbocycles. The molecule has 0 aliphatic carbocycles. The third-order valence-electron chi connectivity index (χ3n) is 3.93. The van der Waals surface area contributed by atoms with Gasteiger partial charge in [-0.2, -0.15) is 0 Å². The minimum Gasteiger partial charge on any atom is -0.459 e. The zero-order valence-electron chi connectivity index (χ0n) is 15.2. The first-order valence-electron chi connectivity index (χ1n) is 8.41. The molecule has 0 fully saturated rings. The maximum Gasteiger partial charge on any atom is 0.318 e. The summed E-state index contributed by atoms with van der Waals surface area (Å²) < 4.78 is 5.48. The summed E-state index contributed by atoms with van der Waals surface area (Å²) in [7, 11) is 0. The standard InChI is InChI=1S/C20H27NO4/c1-6-14(22)11-17(23)18(19(24)25-20(3,4)5)16-10-13-8-7-12(2)9-15(13)21-16/h6-10,14,17-18,21-23H,1,11H2,2-5H3. The van der Waals surface area contributed by atoms with Gasteiger partial charge in [-0.1, -0.05) is 18.2 Å².